The first-order chi connectivity index (χ1) is 11.5. The van der Waals surface area contributed by atoms with E-state index in [1.165, 1.54) is 0 Å². The van der Waals surface area contributed by atoms with Gasteiger partial charge in [0.15, 0.2) is 0 Å². The van der Waals surface area contributed by atoms with Gasteiger partial charge in [-0.15, -0.1) is 0 Å². The predicted octanol–water partition coefficient (Wildman–Crippen LogP) is 2.26. The van der Waals surface area contributed by atoms with Gasteiger partial charge in [0.25, 0.3) is 5.91 Å². The summed E-state index contributed by atoms with van der Waals surface area (Å²) in [5, 5.41) is 5.78. The third kappa shape index (κ3) is 4.71. The number of hydrogen-bond acceptors (Lipinski definition) is 4. The Hall–Kier alpha value is -2.08. The number of rotatable bonds is 7. The standard InChI is InChI=1S/C18H27N3O3/c1-21(2)16-9-8-14(20-17(22)13-6-4-5-7-13)12-15(16)18(23)19-10-11-24-3/h8-9,12-13H,4-7,10-11H2,1-3H3,(H,19,23)(H,20,22). The van der Waals surface area contributed by atoms with Crippen molar-refractivity contribution >= 4 is 23.2 Å². The third-order valence-corrected chi connectivity index (χ3v) is 4.31. The first-order valence-corrected chi connectivity index (χ1v) is 8.42. The van der Waals surface area contributed by atoms with Gasteiger partial charge in [-0.2, -0.15) is 0 Å². The molecule has 1 fully saturated rings. The van der Waals surface area contributed by atoms with Crippen LogP contribution in [-0.2, 0) is 9.53 Å². The lowest BCUT2D eigenvalue weighted by Crippen LogP contribution is -2.29. The number of methoxy groups -OCH3 is 1. The van der Waals surface area contributed by atoms with Crippen molar-refractivity contribution in [3.63, 3.8) is 0 Å². The molecule has 24 heavy (non-hydrogen) atoms. The van der Waals surface area contributed by atoms with Crippen LogP contribution < -0.4 is 15.5 Å². The molecule has 6 nitrogen and oxygen atoms in total. The maximum Gasteiger partial charge on any atom is 0.253 e. The molecule has 1 saturated carbocycles. The summed E-state index contributed by atoms with van der Waals surface area (Å²) in [6, 6.07) is 5.44. The summed E-state index contributed by atoms with van der Waals surface area (Å²) in [5.74, 6) is -0.0268. The van der Waals surface area contributed by atoms with Gasteiger partial charge < -0.3 is 20.3 Å². The molecule has 0 atom stereocenters. The number of nitrogens with zero attached hydrogens (tertiary/aromatic N) is 1. The highest BCUT2D eigenvalue weighted by molar-refractivity contribution is 6.02. The van der Waals surface area contributed by atoms with Crippen molar-refractivity contribution < 1.29 is 14.3 Å². The molecule has 0 radical (unpaired) electrons. The molecule has 0 spiro atoms. The molecule has 2 amide bonds. The Balaban J connectivity index is 2.13. The molecule has 0 heterocycles. The largest absolute Gasteiger partial charge is 0.383 e. The second-order valence-electron chi connectivity index (χ2n) is 6.35. The van der Waals surface area contributed by atoms with E-state index in [4.69, 9.17) is 4.74 Å². The van der Waals surface area contributed by atoms with E-state index in [0.29, 0.717) is 24.4 Å². The molecule has 132 valence electrons. The number of anilines is 2. The number of carbonyl (C=O) groups excluding carboxylic acids is 2. The van der Waals surface area contributed by atoms with Crippen molar-refractivity contribution in [2.45, 2.75) is 25.7 Å². The van der Waals surface area contributed by atoms with E-state index >= 15 is 0 Å². The molecule has 6 heteroatoms. The van der Waals surface area contributed by atoms with Gasteiger partial charge in [-0.05, 0) is 31.0 Å². The molecule has 1 aliphatic carbocycles. The van der Waals surface area contributed by atoms with Crippen LogP contribution in [-0.4, -0.2) is 46.2 Å². The number of nitrogens with one attached hydrogen (secondary N) is 2. The van der Waals surface area contributed by atoms with E-state index in [2.05, 4.69) is 10.6 Å². The molecule has 0 aliphatic heterocycles. The second-order valence-corrected chi connectivity index (χ2v) is 6.35. The molecular weight excluding hydrogens is 306 g/mol. The molecule has 0 unspecified atom stereocenters. The summed E-state index contributed by atoms with van der Waals surface area (Å²) in [5.41, 5.74) is 2.01. The van der Waals surface area contributed by atoms with Crippen molar-refractivity contribution in [1.29, 1.82) is 0 Å². The highest BCUT2D eigenvalue weighted by atomic mass is 16.5. The van der Waals surface area contributed by atoms with Gasteiger partial charge >= 0.3 is 0 Å². The summed E-state index contributed by atoms with van der Waals surface area (Å²) in [7, 11) is 5.37. The zero-order chi connectivity index (χ0) is 17.5. The minimum atomic E-state index is -0.173. The van der Waals surface area contributed by atoms with E-state index < -0.39 is 0 Å². The number of hydrogen-bond donors (Lipinski definition) is 2. The van der Waals surface area contributed by atoms with Gasteiger partial charge in [-0.1, -0.05) is 12.8 Å². The Morgan fingerprint density at radius 3 is 2.58 bits per heavy atom. The van der Waals surface area contributed by atoms with E-state index in [9.17, 15) is 9.59 Å². The fourth-order valence-electron chi connectivity index (χ4n) is 2.98. The van der Waals surface area contributed by atoms with Crippen LogP contribution >= 0.6 is 0 Å². The Bertz CT molecular complexity index is 581. The molecule has 2 rings (SSSR count). The maximum absolute atomic E-state index is 12.4. The molecule has 1 aromatic carbocycles. The van der Waals surface area contributed by atoms with E-state index in [-0.39, 0.29) is 17.7 Å². The van der Waals surface area contributed by atoms with E-state index in [1.807, 2.05) is 31.1 Å². The number of ether oxygens (including phenoxy) is 1. The van der Waals surface area contributed by atoms with Crippen molar-refractivity contribution in [2.24, 2.45) is 5.92 Å². The zero-order valence-electron chi connectivity index (χ0n) is 14.7. The molecule has 1 aliphatic rings. The highest BCUT2D eigenvalue weighted by Gasteiger charge is 2.23. The molecular formula is C18H27N3O3. The highest BCUT2D eigenvalue weighted by Crippen LogP contribution is 2.27. The Labute approximate surface area is 143 Å². The summed E-state index contributed by atoms with van der Waals surface area (Å²) < 4.78 is 4.96. The fourth-order valence-corrected chi connectivity index (χ4v) is 2.98. The first kappa shape index (κ1) is 18.3. The van der Waals surface area contributed by atoms with Crippen molar-refractivity contribution in [3.8, 4) is 0 Å². The summed E-state index contributed by atoms with van der Waals surface area (Å²) in [6.45, 7) is 0.905. The van der Waals surface area contributed by atoms with Crippen LogP contribution in [0.25, 0.3) is 0 Å². The van der Waals surface area contributed by atoms with Crippen LogP contribution in [0.2, 0.25) is 0 Å². The smallest absolute Gasteiger partial charge is 0.253 e. The predicted molar refractivity (Wildman–Crippen MR) is 95.6 cm³/mol. The van der Waals surface area contributed by atoms with Gasteiger partial charge in [-0.25, -0.2) is 0 Å². The van der Waals surface area contributed by atoms with Crippen LogP contribution in [0.3, 0.4) is 0 Å². The lowest BCUT2D eigenvalue weighted by atomic mass is 10.1. The van der Waals surface area contributed by atoms with Gasteiger partial charge in [0.2, 0.25) is 5.91 Å². The van der Waals surface area contributed by atoms with Crippen LogP contribution in [0.1, 0.15) is 36.0 Å². The van der Waals surface area contributed by atoms with Crippen LogP contribution in [0.4, 0.5) is 11.4 Å². The van der Waals surface area contributed by atoms with Crippen molar-refractivity contribution in [3.05, 3.63) is 23.8 Å². The molecule has 2 N–H and O–H groups in total. The monoisotopic (exact) mass is 333 g/mol. The van der Waals surface area contributed by atoms with E-state index in [0.717, 1.165) is 31.4 Å². The van der Waals surface area contributed by atoms with Crippen LogP contribution in [0, 0.1) is 5.92 Å². The molecule has 0 aromatic heterocycles. The van der Waals surface area contributed by atoms with Crippen LogP contribution in [0.15, 0.2) is 18.2 Å². The first-order valence-electron chi connectivity index (χ1n) is 8.42. The SMILES string of the molecule is COCCNC(=O)c1cc(NC(=O)C2CCCC2)ccc1N(C)C. The Morgan fingerprint density at radius 2 is 1.96 bits per heavy atom. The summed E-state index contributed by atoms with van der Waals surface area (Å²) in [4.78, 5) is 26.6. The van der Waals surface area contributed by atoms with E-state index in [1.54, 1.807) is 13.2 Å². The maximum atomic E-state index is 12.4. The minimum absolute atomic E-state index is 0.0517. The van der Waals surface area contributed by atoms with Gasteiger partial charge in [0, 0.05) is 45.0 Å². The molecule has 0 bridgehead atoms. The number of carbonyl (C=O) groups is 2. The number of benzene rings is 1. The Kier molecular flexibility index (Phi) is 6.61. The normalized spacial score (nSPS) is 14.5. The van der Waals surface area contributed by atoms with Crippen molar-refractivity contribution in [1.82, 2.24) is 5.32 Å². The Morgan fingerprint density at radius 1 is 1.25 bits per heavy atom. The lowest BCUT2D eigenvalue weighted by Gasteiger charge is -2.19. The average molecular weight is 333 g/mol. The average Bonchev–Trinajstić information content (AvgIpc) is 3.09. The quantitative estimate of drug-likeness (QED) is 0.751. The lowest BCUT2D eigenvalue weighted by molar-refractivity contribution is -0.119. The number of amides is 2. The zero-order valence-corrected chi connectivity index (χ0v) is 14.7. The third-order valence-electron chi connectivity index (χ3n) is 4.31. The topological polar surface area (TPSA) is 70.7 Å². The summed E-state index contributed by atoms with van der Waals surface area (Å²) >= 11 is 0. The molecule has 1 aromatic rings. The van der Waals surface area contributed by atoms with Gasteiger partial charge in [0.1, 0.15) is 0 Å². The van der Waals surface area contributed by atoms with Crippen molar-refractivity contribution in [2.75, 3.05) is 44.6 Å². The second kappa shape index (κ2) is 8.68. The fraction of sp³-hybridized carbons (Fsp3) is 0.556. The minimum Gasteiger partial charge on any atom is -0.383 e. The van der Waals surface area contributed by atoms with Crippen LogP contribution in [0.5, 0.6) is 0 Å². The summed E-state index contributed by atoms with van der Waals surface area (Å²) in [6.07, 6.45) is 4.13. The van der Waals surface area contributed by atoms with Gasteiger partial charge in [-0.3, -0.25) is 9.59 Å². The molecule has 0 saturated heterocycles. The van der Waals surface area contributed by atoms with Gasteiger partial charge in [0.05, 0.1) is 12.2 Å².